The number of hydrogen-bond donors (Lipinski definition) is 1. The molecule has 0 bridgehead atoms. The maximum absolute atomic E-state index is 6.18. The summed E-state index contributed by atoms with van der Waals surface area (Å²) >= 11 is 1.64. The third kappa shape index (κ3) is 1.58. The second-order valence-electron chi connectivity index (χ2n) is 3.96. The molecule has 0 aliphatic heterocycles. The van der Waals surface area contributed by atoms with Gasteiger partial charge in [-0.3, -0.25) is 0 Å². The average Bonchev–Trinajstić information content (AvgIpc) is 2.62. The van der Waals surface area contributed by atoms with Crippen molar-refractivity contribution in [2.24, 2.45) is 5.73 Å². The number of methoxy groups -OCH3 is 1. The van der Waals surface area contributed by atoms with Crippen LogP contribution in [-0.4, -0.2) is 12.1 Å². The van der Waals surface area contributed by atoms with Crippen LogP contribution in [0.1, 0.15) is 43.0 Å². The Kier molecular flexibility index (Phi) is 2.60. The zero-order valence-corrected chi connectivity index (χ0v) is 9.43. The van der Waals surface area contributed by atoms with Crippen molar-refractivity contribution in [3.05, 3.63) is 16.1 Å². The fourth-order valence-corrected chi connectivity index (χ4v) is 2.58. The molecule has 1 aliphatic rings. The van der Waals surface area contributed by atoms with Crippen LogP contribution in [0, 0.1) is 0 Å². The molecule has 2 N–H and O–H groups in total. The summed E-state index contributed by atoms with van der Waals surface area (Å²) in [6, 6.07) is 0. The van der Waals surface area contributed by atoms with Crippen LogP contribution in [-0.2, 0) is 10.3 Å². The SMILES string of the molecule is COC(C)c1nc(C2(N)CCC2)cs1. The average molecular weight is 212 g/mol. The zero-order chi connectivity index (χ0) is 10.2. The Morgan fingerprint density at radius 1 is 1.64 bits per heavy atom. The van der Waals surface area contributed by atoms with Crippen molar-refractivity contribution < 1.29 is 4.74 Å². The van der Waals surface area contributed by atoms with Crippen molar-refractivity contribution in [2.45, 2.75) is 37.8 Å². The first-order chi connectivity index (χ1) is 6.65. The lowest BCUT2D eigenvalue weighted by Gasteiger charge is -2.36. The predicted octanol–water partition coefficient (Wildman–Crippen LogP) is 2.19. The normalized spacial score (nSPS) is 21.6. The van der Waals surface area contributed by atoms with E-state index in [4.69, 9.17) is 10.5 Å². The summed E-state index contributed by atoms with van der Waals surface area (Å²) in [6.07, 6.45) is 3.44. The quantitative estimate of drug-likeness (QED) is 0.835. The molecule has 0 saturated heterocycles. The summed E-state index contributed by atoms with van der Waals surface area (Å²) in [5, 5.41) is 3.10. The first-order valence-electron chi connectivity index (χ1n) is 4.93. The van der Waals surface area contributed by atoms with Crippen molar-refractivity contribution in [2.75, 3.05) is 7.11 Å². The lowest BCUT2D eigenvalue weighted by molar-refractivity contribution is 0.118. The van der Waals surface area contributed by atoms with Crippen LogP contribution in [0.3, 0.4) is 0 Å². The van der Waals surface area contributed by atoms with Crippen molar-refractivity contribution >= 4 is 11.3 Å². The molecular weight excluding hydrogens is 196 g/mol. The summed E-state index contributed by atoms with van der Waals surface area (Å²) in [5.74, 6) is 0. The third-order valence-electron chi connectivity index (χ3n) is 2.98. The fourth-order valence-electron chi connectivity index (χ4n) is 1.62. The molecule has 14 heavy (non-hydrogen) atoms. The molecule has 0 radical (unpaired) electrons. The van der Waals surface area contributed by atoms with E-state index in [1.807, 2.05) is 6.92 Å². The second-order valence-corrected chi connectivity index (χ2v) is 4.85. The van der Waals surface area contributed by atoms with E-state index in [0.29, 0.717) is 0 Å². The van der Waals surface area contributed by atoms with Gasteiger partial charge in [0, 0.05) is 12.5 Å². The van der Waals surface area contributed by atoms with Gasteiger partial charge in [0.15, 0.2) is 0 Å². The van der Waals surface area contributed by atoms with Gasteiger partial charge >= 0.3 is 0 Å². The molecule has 78 valence electrons. The van der Waals surface area contributed by atoms with Gasteiger partial charge < -0.3 is 10.5 Å². The smallest absolute Gasteiger partial charge is 0.122 e. The molecular formula is C10H16N2OS. The van der Waals surface area contributed by atoms with Crippen LogP contribution in [0.4, 0.5) is 0 Å². The topological polar surface area (TPSA) is 48.1 Å². The number of nitrogens with zero attached hydrogens (tertiary/aromatic N) is 1. The van der Waals surface area contributed by atoms with E-state index in [1.54, 1.807) is 18.4 Å². The molecule has 0 spiro atoms. The maximum atomic E-state index is 6.18. The van der Waals surface area contributed by atoms with Gasteiger partial charge in [0.2, 0.25) is 0 Å². The monoisotopic (exact) mass is 212 g/mol. The molecule has 4 heteroatoms. The Balaban J connectivity index is 2.17. The van der Waals surface area contributed by atoms with E-state index in [1.165, 1.54) is 6.42 Å². The summed E-state index contributed by atoms with van der Waals surface area (Å²) in [7, 11) is 1.70. The molecule has 2 rings (SSSR count). The van der Waals surface area contributed by atoms with Gasteiger partial charge in [0.05, 0.1) is 11.2 Å². The van der Waals surface area contributed by atoms with E-state index < -0.39 is 0 Å². The van der Waals surface area contributed by atoms with Crippen molar-refractivity contribution in [3.63, 3.8) is 0 Å². The Labute approximate surface area is 88.3 Å². The molecule has 1 aliphatic carbocycles. The lowest BCUT2D eigenvalue weighted by Crippen LogP contribution is -2.43. The van der Waals surface area contributed by atoms with E-state index in [2.05, 4.69) is 10.4 Å². The van der Waals surface area contributed by atoms with Crippen molar-refractivity contribution in [3.8, 4) is 0 Å². The number of hydrogen-bond acceptors (Lipinski definition) is 4. The molecule has 1 saturated carbocycles. The largest absolute Gasteiger partial charge is 0.375 e. The minimum Gasteiger partial charge on any atom is -0.375 e. The Morgan fingerprint density at radius 3 is 2.86 bits per heavy atom. The van der Waals surface area contributed by atoms with Crippen LogP contribution in [0.5, 0.6) is 0 Å². The molecule has 1 aromatic rings. The van der Waals surface area contributed by atoms with Gasteiger partial charge in [-0.1, -0.05) is 0 Å². The molecule has 1 atom stereocenters. The Bertz CT molecular complexity index is 320. The maximum Gasteiger partial charge on any atom is 0.122 e. The number of rotatable bonds is 3. The van der Waals surface area contributed by atoms with E-state index in [-0.39, 0.29) is 11.6 Å². The van der Waals surface area contributed by atoms with E-state index in [0.717, 1.165) is 23.5 Å². The molecule has 1 heterocycles. The molecule has 1 unspecified atom stereocenters. The molecule has 0 amide bonds. The minimum atomic E-state index is -0.137. The van der Waals surface area contributed by atoms with Gasteiger partial charge in [0.1, 0.15) is 11.1 Å². The van der Waals surface area contributed by atoms with Crippen molar-refractivity contribution in [1.82, 2.24) is 4.98 Å². The minimum absolute atomic E-state index is 0.0810. The van der Waals surface area contributed by atoms with Gasteiger partial charge in [-0.2, -0.15) is 0 Å². The summed E-state index contributed by atoms with van der Waals surface area (Å²) in [4.78, 5) is 4.54. The first kappa shape index (κ1) is 10.1. The van der Waals surface area contributed by atoms with Gasteiger partial charge in [-0.25, -0.2) is 4.98 Å². The highest BCUT2D eigenvalue weighted by molar-refractivity contribution is 7.09. The summed E-state index contributed by atoms with van der Waals surface area (Å²) < 4.78 is 5.22. The van der Waals surface area contributed by atoms with Gasteiger partial charge in [-0.05, 0) is 26.2 Å². The van der Waals surface area contributed by atoms with Crippen LogP contribution in [0.15, 0.2) is 5.38 Å². The summed E-state index contributed by atoms with van der Waals surface area (Å²) in [6.45, 7) is 2.01. The molecule has 1 aromatic heterocycles. The van der Waals surface area contributed by atoms with Crippen LogP contribution in [0.2, 0.25) is 0 Å². The standard InChI is InChI=1S/C10H16N2OS/c1-7(13-2)9-12-8(6-14-9)10(11)4-3-5-10/h6-7H,3-5,11H2,1-2H3. The Hall–Kier alpha value is -0.450. The third-order valence-corrected chi connectivity index (χ3v) is 3.98. The van der Waals surface area contributed by atoms with E-state index >= 15 is 0 Å². The van der Waals surface area contributed by atoms with Crippen molar-refractivity contribution in [1.29, 1.82) is 0 Å². The van der Waals surface area contributed by atoms with Crippen LogP contribution < -0.4 is 5.73 Å². The molecule has 1 fully saturated rings. The number of aromatic nitrogens is 1. The zero-order valence-electron chi connectivity index (χ0n) is 8.62. The number of ether oxygens (including phenoxy) is 1. The molecule has 0 aromatic carbocycles. The van der Waals surface area contributed by atoms with Gasteiger partial charge in [0.25, 0.3) is 0 Å². The molecule has 3 nitrogen and oxygen atoms in total. The highest BCUT2D eigenvalue weighted by Gasteiger charge is 2.36. The fraction of sp³-hybridized carbons (Fsp3) is 0.700. The van der Waals surface area contributed by atoms with Crippen LogP contribution >= 0.6 is 11.3 Å². The Morgan fingerprint density at radius 2 is 2.36 bits per heavy atom. The second kappa shape index (κ2) is 3.61. The van der Waals surface area contributed by atoms with Gasteiger partial charge in [-0.15, -0.1) is 11.3 Å². The van der Waals surface area contributed by atoms with E-state index in [9.17, 15) is 0 Å². The number of thiazole rings is 1. The lowest BCUT2D eigenvalue weighted by atomic mass is 9.76. The highest BCUT2D eigenvalue weighted by Crippen LogP contribution is 2.39. The number of nitrogens with two attached hydrogens (primary N) is 1. The van der Waals surface area contributed by atoms with Crippen LogP contribution in [0.25, 0.3) is 0 Å². The highest BCUT2D eigenvalue weighted by atomic mass is 32.1. The predicted molar refractivity (Wildman–Crippen MR) is 57.3 cm³/mol. The first-order valence-corrected chi connectivity index (χ1v) is 5.81. The summed E-state index contributed by atoms with van der Waals surface area (Å²) in [5.41, 5.74) is 7.09.